The third-order valence-electron chi connectivity index (χ3n) is 3.28. The molecule has 0 saturated carbocycles. The van der Waals surface area contributed by atoms with Crippen LogP contribution < -0.4 is 10.1 Å². The number of benzene rings is 2. The molecule has 0 radical (unpaired) electrons. The summed E-state index contributed by atoms with van der Waals surface area (Å²) in [6.45, 7) is 1.73. The maximum atomic E-state index is 12.3. The van der Waals surface area contributed by atoms with E-state index in [1.54, 1.807) is 50.4 Å². The molecule has 1 amide bonds. The molecule has 6 nitrogen and oxygen atoms in total. The number of rotatable bonds is 4. The van der Waals surface area contributed by atoms with E-state index < -0.39 is 0 Å². The number of anilines is 1. The summed E-state index contributed by atoms with van der Waals surface area (Å²) >= 11 is 0. The molecule has 1 heterocycles. The molecule has 0 spiro atoms. The van der Waals surface area contributed by atoms with Crippen LogP contribution in [0, 0.1) is 6.92 Å². The molecule has 6 heteroatoms. The molecule has 0 aliphatic heterocycles. The van der Waals surface area contributed by atoms with E-state index in [9.17, 15) is 4.79 Å². The van der Waals surface area contributed by atoms with E-state index >= 15 is 0 Å². The van der Waals surface area contributed by atoms with Crippen LogP contribution in [0.4, 0.5) is 5.69 Å². The molecule has 0 aliphatic rings. The molecule has 0 bridgehead atoms. The Labute approximate surface area is 133 Å². The summed E-state index contributed by atoms with van der Waals surface area (Å²) in [5, 5.41) is 10.6. The molecule has 1 N–H and O–H groups in total. The van der Waals surface area contributed by atoms with E-state index in [0.29, 0.717) is 28.8 Å². The Balaban J connectivity index is 1.78. The SMILES string of the molecule is COc1ccccc1NC(=O)c1ccc(-c2nnc(C)o2)cc1. The zero-order valence-electron chi connectivity index (χ0n) is 12.7. The van der Waals surface area contributed by atoms with Crippen molar-refractivity contribution in [1.29, 1.82) is 0 Å². The fourth-order valence-corrected chi connectivity index (χ4v) is 2.12. The van der Waals surface area contributed by atoms with Crippen LogP contribution in [0.2, 0.25) is 0 Å². The van der Waals surface area contributed by atoms with Gasteiger partial charge in [0.05, 0.1) is 12.8 Å². The van der Waals surface area contributed by atoms with Gasteiger partial charge in [-0.05, 0) is 36.4 Å². The summed E-state index contributed by atoms with van der Waals surface area (Å²) < 4.78 is 10.6. The molecule has 116 valence electrons. The van der Waals surface area contributed by atoms with Crippen molar-refractivity contribution in [3.8, 4) is 17.2 Å². The first-order valence-corrected chi connectivity index (χ1v) is 7.02. The molecule has 23 heavy (non-hydrogen) atoms. The Hall–Kier alpha value is -3.15. The van der Waals surface area contributed by atoms with E-state index in [1.165, 1.54) is 0 Å². The number of hydrogen-bond acceptors (Lipinski definition) is 5. The number of aryl methyl sites for hydroxylation is 1. The van der Waals surface area contributed by atoms with Crippen molar-refractivity contribution in [3.05, 3.63) is 60.0 Å². The molecule has 3 rings (SSSR count). The molecule has 1 aromatic heterocycles. The van der Waals surface area contributed by atoms with Crippen molar-refractivity contribution in [1.82, 2.24) is 10.2 Å². The van der Waals surface area contributed by atoms with Gasteiger partial charge in [-0.1, -0.05) is 12.1 Å². The summed E-state index contributed by atoms with van der Waals surface area (Å²) in [5.41, 5.74) is 1.91. The number of ether oxygens (including phenoxy) is 1. The van der Waals surface area contributed by atoms with Crippen molar-refractivity contribution >= 4 is 11.6 Å². The highest BCUT2D eigenvalue weighted by molar-refractivity contribution is 6.05. The standard InChI is InChI=1S/C17H15N3O3/c1-11-19-20-17(23-11)13-9-7-12(8-10-13)16(21)18-14-5-3-4-6-15(14)22-2/h3-10H,1-2H3,(H,18,21). The van der Waals surface area contributed by atoms with E-state index in [4.69, 9.17) is 9.15 Å². The van der Waals surface area contributed by atoms with E-state index in [-0.39, 0.29) is 5.91 Å². The number of aromatic nitrogens is 2. The van der Waals surface area contributed by atoms with Crippen LogP contribution in [0.3, 0.4) is 0 Å². The number of amides is 1. The van der Waals surface area contributed by atoms with Gasteiger partial charge in [0.25, 0.3) is 5.91 Å². The van der Waals surface area contributed by atoms with Gasteiger partial charge in [0, 0.05) is 18.1 Å². The lowest BCUT2D eigenvalue weighted by Gasteiger charge is -2.09. The van der Waals surface area contributed by atoms with E-state index in [1.807, 2.05) is 12.1 Å². The molecule has 2 aromatic carbocycles. The number of nitrogens with one attached hydrogen (secondary N) is 1. The van der Waals surface area contributed by atoms with Crippen LogP contribution in [-0.2, 0) is 0 Å². The average molecular weight is 309 g/mol. The van der Waals surface area contributed by atoms with Gasteiger partial charge in [0.1, 0.15) is 5.75 Å². The quantitative estimate of drug-likeness (QED) is 0.800. The van der Waals surface area contributed by atoms with Gasteiger partial charge in [-0.2, -0.15) is 0 Å². The Morgan fingerprint density at radius 3 is 2.48 bits per heavy atom. The second-order valence-corrected chi connectivity index (χ2v) is 4.86. The lowest BCUT2D eigenvalue weighted by atomic mass is 10.1. The highest BCUT2D eigenvalue weighted by atomic mass is 16.5. The minimum absolute atomic E-state index is 0.220. The average Bonchev–Trinajstić information content (AvgIpc) is 3.02. The highest BCUT2D eigenvalue weighted by Gasteiger charge is 2.11. The van der Waals surface area contributed by atoms with Crippen molar-refractivity contribution in [3.63, 3.8) is 0 Å². The zero-order valence-corrected chi connectivity index (χ0v) is 12.7. The Kier molecular flexibility index (Phi) is 4.05. The first kappa shape index (κ1) is 14.8. The Morgan fingerprint density at radius 2 is 1.83 bits per heavy atom. The van der Waals surface area contributed by atoms with Crippen molar-refractivity contribution in [2.24, 2.45) is 0 Å². The molecule has 0 atom stereocenters. The van der Waals surface area contributed by atoms with Gasteiger partial charge in [-0.15, -0.1) is 10.2 Å². The molecular weight excluding hydrogens is 294 g/mol. The third-order valence-corrected chi connectivity index (χ3v) is 3.28. The number of carbonyl (C=O) groups is 1. The molecule has 3 aromatic rings. The highest BCUT2D eigenvalue weighted by Crippen LogP contribution is 2.24. The van der Waals surface area contributed by atoms with Crippen molar-refractivity contribution < 1.29 is 13.9 Å². The Bertz CT molecular complexity index is 825. The first-order chi connectivity index (χ1) is 11.2. The van der Waals surface area contributed by atoms with Gasteiger partial charge in [-0.25, -0.2) is 0 Å². The number of carbonyl (C=O) groups excluding carboxylic acids is 1. The second kappa shape index (κ2) is 6.31. The second-order valence-electron chi connectivity index (χ2n) is 4.86. The third kappa shape index (κ3) is 3.21. The predicted octanol–water partition coefficient (Wildman–Crippen LogP) is 3.31. The van der Waals surface area contributed by atoms with Crippen LogP contribution in [0.1, 0.15) is 16.2 Å². The maximum Gasteiger partial charge on any atom is 0.255 e. The number of methoxy groups -OCH3 is 1. The van der Waals surface area contributed by atoms with Gasteiger partial charge in [0.15, 0.2) is 0 Å². The molecule has 0 aliphatic carbocycles. The Morgan fingerprint density at radius 1 is 1.09 bits per heavy atom. The molecule has 0 saturated heterocycles. The van der Waals surface area contributed by atoms with Crippen LogP contribution >= 0.6 is 0 Å². The van der Waals surface area contributed by atoms with Crippen molar-refractivity contribution in [2.45, 2.75) is 6.92 Å². The van der Waals surface area contributed by atoms with Crippen LogP contribution in [-0.4, -0.2) is 23.2 Å². The van der Waals surface area contributed by atoms with Gasteiger partial charge >= 0.3 is 0 Å². The smallest absolute Gasteiger partial charge is 0.255 e. The van der Waals surface area contributed by atoms with Crippen LogP contribution in [0.15, 0.2) is 52.9 Å². The summed E-state index contributed by atoms with van der Waals surface area (Å²) in [4.78, 5) is 12.3. The first-order valence-electron chi connectivity index (χ1n) is 7.02. The fourth-order valence-electron chi connectivity index (χ4n) is 2.12. The van der Waals surface area contributed by atoms with Gasteiger partial charge in [0.2, 0.25) is 11.8 Å². The molecule has 0 unspecified atom stereocenters. The van der Waals surface area contributed by atoms with Crippen LogP contribution in [0.25, 0.3) is 11.5 Å². The predicted molar refractivity (Wildman–Crippen MR) is 85.4 cm³/mol. The van der Waals surface area contributed by atoms with Crippen LogP contribution in [0.5, 0.6) is 5.75 Å². The minimum atomic E-state index is -0.220. The largest absolute Gasteiger partial charge is 0.495 e. The van der Waals surface area contributed by atoms with Gasteiger partial charge < -0.3 is 14.5 Å². The fraction of sp³-hybridized carbons (Fsp3) is 0.118. The minimum Gasteiger partial charge on any atom is -0.495 e. The van der Waals surface area contributed by atoms with E-state index in [0.717, 1.165) is 5.56 Å². The van der Waals surface area contributed by atoms with E-state index in [2.05, 4.69) is 15.5 Å². The monoisotopic (exact) mass is 309 g/mol. The number of para-hydroxylation sites is 2. The maximum absolute atomic E-state index is 12.3. The summed E-state index contributed by atoms with van der Waals surface area (Å²) in [6.07, 6.45) is 0. The molecule has 0 fully saturated rings. The topological polar surface area (TPSA) is 77.2 Å². The van der Waals surface area contributed by atoms with Crippen molar-refractivity contribution in [2.75, 3.05) is 12.4 Å². The lowest BCUT2D eigenvalue weighted by molar-refractivity contribution is 0.102. The normalized spacial score (nSPS) is 10.3. The summed E-state index contributed by atoms with van der Waals surface area (Å²) in [7, 11) is 1.56. The van der Waals surface area contributed by atoms with Gasteiger partial charge in [-0.3, -0.25) is 4.79 Å². The number of hydrogen-bond donors (Lipinski definition) is 1. The summed E-state index contributed by atoms with van der Waals surface area (Å²) in [6, 6.07) is 14.2. The summed E-state index contributed by atoms with van der Waals surface area (Å²) in [5.74, 6) is 1.32. The zero-order chi connectivity index (χ0) is 16.2. The molecular formula is C17H15N3O3. The number of nitrogens with zero attached hydrogens (tertiary/aromatic N) is 2. The lowest BCUT2D eigenvalue weighted by Crippen LogP contribution is -2.12.